The van der Waals surface area contributed by atoms with Crippen LogP contribution >= 0.6 is 15.9 Å². The predicted octanol–water partition coefficient (Wildman–Crippen LogP) is 5.99. The Morgan fingerprint density at radius 2 is 1.89 bits per heavy atom. The van der Waals surface area contributed by atoms with Crippen LogP contribution in [-0.4, -0.2) is 20.8 Å². The van der Waals surface area contributed by atoms with Gasteiger partial charge in [0.25, 0.3) is 11.2 Å². The molecule has 4 aromatic carbocycles. The minimum absolute atomic E-state index is 0.00156. The Labute approximate surface area is 213 Å². The van der Waals surface area contributed by atoms with Gasteiger partial charge >= 0.3 is 0 Å². The standard InChI is InChI=1S/C27H19BrN4O4/c1-17-30-25-11-10-20(28)14-23(25)27(33)31(17)29-15-24-22-8-3-2-6-19(22)9-12-26(24)36-16-18-5-4-7-21(13-18)32(34)35/h2-15H,16H2,1H3. The van der Waals surface area contributed by atoms with Crippen LogP contribution in [0.2, 0.25) is 0 Å². The maximum absolute atomic E-state index is 13.2. The molecule has 0 amide bonds. The molecule has 1 aromatic heterocycles. The summed E-state index contributed by atoms with van der Waals surface area (Å²) in [5.74, 6) is 0.983. The van der Waals surface area contributed by atoms with Gasteiger partial charge in [0.1, 0.15) is 18.2 Å². The topological polar surface area (TPSA) is 99.6 Å². The highest BCUT2D eigenvalue weighted by atomic mass is 79.9. The molecule has 0 unspecified atom stereocenters. The van der Waals surface area contributed by atoms with Gasteiger partial charge in [0, 0.05) is 22.2 Å². The number of hydrogen-bond acceptors (Lipinski definition) is 6. The fourth-order valence-electron chi connectivity index (χ4n) is 3.97. The number of aromatic nitrogens is 2. The van der Waals surface area contributed by atoms with Crippen LogP contribution in [-0.2, 0) is 6.61 Å². The largest absolute Gasteiger partial charge is 0.488 e. The second kappa shape index (κ2) is 9.71. The Hall–Kier alpha value is -4.37. The molecule has 0 N–H and O–H groups in total. The molecule has 1 heterocycles. The van der Waals surface area contributed by atoms with Gasteiger partial charge in [0.05, 0.1) is 22.0 Å². The van der Waals surface area contributed by atoms with Crippen LogP contribution < -0.4 is 10.3 Å². The van der Waals surface area contributed by atoms with E-state index in [2.05, 4.69) is 26.0 Å². The maximum Gasteiger partial charge on any atom is 0.282 e. The number of nitro groups is 1. The van der Waals surface area contributed by atoms with Crippen molar-refractivity contribution in [1.82, 2.24) is 9.66 Å². The highest BCUT2D eigenvalue weighted by Gasteiger charge is 2.12. The van der Waals surface area contributed by atoms with Gasteiger partial charge in [-0.15, -0.1) is 0 Å². The number of ether oxygens (including phenoxy) is 1. The molecule has 5 aromatic rings. The van der Waals surface area contributed by atoms with Gasteiger partial charge in [-0.25, -0.2) is 4.98 Å². The number of non-ortho nitro benzene ring substituents is 1. The third kappa shape index (κ3) is 4.60. The van der Waals surface area contributed by atoms with Gasteiger partial charge in [0.15, 0.2) is 0 Å². The SMILES string of the molecule is Cc1nc2ccc(Br)cc2c(=O)n1N=Cc1c(OCc2cccc([N+](=O)[O-])c2)ccc2ccccc12. The van der Waals surface area contributed by atoms with Crippen LogP contribution in [0.3, 0.4) is 0 Å². The zero-order valence-corrected chi connectivity index (χ0v) is 20.7. The molecule has 0 fully saturated rings. The predicted molar refractivity (Wildman–Crippen MR) is 143 cm³/mol. The first kappa shape index (κ1) is 23.4. The van der Waals surface area contributed by atoms with Crippen molar-refractivity contribution in [1.29, 1.82) is 0 Å². The Bertz CT molecular complexity index is 1730. The van der Waals surface area contributed by atoms with Crippen LogP contribution in [0.25, 0.3) is 21.7 Å². The van der Waals surface area contributed by atoms with Gasteiger partial charge in [-0.05, 0) is 47.5 Å². The van der Waals surface area contributed by atoms with Crippen molar-refractivity contribution in [3.63, 3.8) is 0 Å². The van der Waals surface area contributed by atoms with Crippen LogP contribution in [0.1, 0.15) is 17.0 Å². The van der Waals surface area contributed by atoms with E-state index in [9.17, 15) is 14.9 Å². The lowest BCUT2D eigenvalue weighted by atomic mass is 10.0. The monoisotopic (exact) mass is 542 g/mol. The minimum Gasteiger partial charge on any atom is -0.488 e. The molecule has 178 valence electrons. The summed E-state index contributed by atoms with van der Waals surface area (Å²) in [4.78, 5) is 28.4. The lowest BCUT2D eigenvalue weighted by Crippen LogP contribution is -2.20. The first-order chi connectivity index (χ1) is 17.4. The summed E-state index contributed by atoms with van der Waals surface area (Å²) in [6, 6.07) is 23.2. The molecular formula is C27H19BrN4O4. The Kier molecular flexibility index (Phi) is 6.30. The fourth-order valence-corrected chi connectivity index (χ4v) is 4.33. The van der Waals surface area contributed by atoms with Gasteiger partial charge in [0.2, 0.25) is 0 Å². The van der Waals surface area contributed by atoms with E-state index in [4.69, 9.17) is 4.74 Å². The lowest BCUT2D eigenvalue weighted by Gasteiger charge is -2.12. The molecular weight excluding hydrogens is 524 g/mol. The van der Waals surface area contributed by atoms with Gasteiger partial charge in [-0.3, -0.25) is 14.9 Å². The summed E-state index contributed by atoms with van der Waals surface area (Å²) in [6.45, 7) is 1.86. The van der Waals surface area contributed by atoms with Crippen molar-refractivity contribution < 1.29 is 9.66 Å². The lowest BCUT2D eigenvalue weighted by molar-refractivity contribution is -0.384. The molecule has 0 aliphatic carbocycles. The van der Waals surface area contributed by atoms with Gasteiger partial charge in [-0.2, -0.15) is 9.78 Å². The van der Waals surface area contributed by atoms with E-state index in [-0.39, 0.29) is 17.9 Å². The third-order valence-electron chi connectivity index (χ3n) is 5.72. The van der Waals surface area contributed by atoms with Crippen molar-refractivity contribution >= 4 is 49.5 Å². The number of halogens is 1. The summed E-state index contributed by atoms with van der Waals surface area (Å²) < 4.78 is 8.12. The van der Waals surface area contributed by atoms with E-state index in [1.54, 1.807) is 37.4 Å². The molecule has 5 rings (SSSR count). The van der Waals surface area contributed by atoms with E-state index in [1.807, 2.05) is 42.5 Å². The highest BCUT2D eigenvalue weighted by Crippen LogP contribution is 2.28. The van der Waals surface area contributed by atoms with Gasteiger partial charge < -0.3 is 4.74 Å². The normalized spacial score (nSPS) is 11.4. The second-order valence-corrected chi connectivity index (χ2v) is 9.01. The van der Waals surface area contributed by atoms with E-state index in [1.165, 1.54) is 16.8 Å². The molecule has 0 spiro atoms. The molecule has 0 saturated heterocycles. The number of aryl methyl sites for hydroxylation is 1. The van der Waals surface area contributed by atoms with Gasteiger partial charge in [-0.1, -0.05) is 58.4 Å². The Morgan fingerprint density at radius 1 is 1.06 bits per heavy atom. The quantitative estimate of drug-likeness (QED) is 0.149. The molecule has 0 bridgehead atoms. The highest BCUT2D eigenvalue weighted by molar-refractivity contribution is 9.10. The molecule has 0 radical (unpaired) electrons. The summed E-state index contributed by atoms with van der Waals surface area (Å²) >= 11 is 3.40. The molecule has 8 nitrogen and oxygen atoms in total. The van der Waals surface area contributed by atoms with E-state index in [0.717, 1.165) is 15.2 Å². The van der Waals surface area contributed by atoms with Crippen molar-refractivity contribution in [2.45, 2.75) is 13.5 Å². The zero-order chi connectivity index (χ0) is 25.2. The molecule has 36 heavy (non-hydrogen) atoms. The summed E-state index contributed by atoms with van der Waals surface area (Å²) in [6.07, 6.45) is 1.59. The Balaban J connectivity index is 1.56. The molecule has 0 aliphatic heterocycles. The smallest absolute Gasteiger partial charge is 0.282 e. The van der Waals surface area contributed by atoms with Crippen LogP contribution in [0.4, 0.5) is 5.69 Å². The van der Waals surface area contributed by atoms with E-state index >= 15 is 0 Å². The van der Waals surface area contributed by atoms with Crippen LogP contribution in [0.5, 0.6) is 5.75 Å². The summed E-state index contributed by atoms with van der Waals surface area (Å²) in [7, 11) is 0. The first-order valence-electron chi connectivity index (χ1n) is 11.0. The van der Waals surface area contributed by atoms with Crippen molar-refractivity contribution in [2.24, 2.45) is 5.10 Å². The fraction of sp³-hybridized carbons (Fsp3) is 0.0741. The van der Waals surface area contributed by atoms with Crippen molar-refractivity contribution in [3.8, 4) is 5.75 Å². The third-order valence-corrected chi connectivity index (χ3v) is 6.21. The number of rotatable bonds is 6. The number of benzene rings is 4. The molecule has 0 aliphatic rings. The number of hydrogen-bond donors (Lipinski definition) is 0. The average Bonchev–Trinajstić information content (AvgIpc) is 2.88. The average molecular weight is 543 g/mol. The van der Waals surface area contributed by atoms with E-state index in [0.29, 0.717) is 33.6 Å². The van der Waals surface area contributed by atoms with E-state index < -0.39 is 4.92 Å². The van der Waals surface area contributed by atoms with Crippen LogP contribution in [0.15, 0.2) is 93.2 Å². The zero-order valence-electron chi connectivity index (χ0n) is 19.1. The number of nitro benzene ring substituents is 1. The molecule has 0 atom stereocenters. The van der Waals surface area contributed by atoms with Crippen molar-refractivity contribution in [3.05, 3.63) is 121 Å². The molecule has 9 heteroatoms. The molecule has 0 saturated carbocycles. The summed E-state index contributed by atoms with van der Waals surface area (Å²) in [5.41, 5.74) is 1.66. The summed E-state index contributed by atoms with van der Waals surface area (Å²) in [5, 5.41) is 17.9. The minimum atomic E-state index is -0.437. The van der Waals surface area contributed by atoms with Crippen LogP contribution in [0, 0.1) is 17.0 Å². The number of fused-ring (bicyclic) bond motifs is 2. The maximum atomic E-state index is 13.2. The number of nitrogens with zero attached hydrogens (tertiary/aromatic N) is 4. The van der Waals surface area contributed by atoms with Crippen molar-refractivity contribution in [2.75, 3.05) is 0 Å². The first-order valence-corrected chi connectivity index (χ1v) is 11.8. The second-order valence-electron chi connectivity index (χ2n) is 8.10. The Morgan fingerprint density at radius 3 is 2.72 bits per heavy atom.